The zero-order valence-electron chi connectivity index (χ0n) is 25.6. The number of likely N-dealkylation sites (tertiary alicyclic amines) is 1. The van der Waals surface area contributed by atoms with Crippen molar-refractivity contribution in [3.05, 3.63) is 34.9 Å². The van der Waals surface area contributed by atoms with E-state index in [2.05, 4.69) is 21.1 Å². The molecule has 0 bridgehead atoms. The number of rotatable bonds is 10. The summed E-state index contributed by atoms with van der Waals surface area (Å²) in [6, 6.07) is 3.47. The van der Waals surface area contributed by atoms with Gasteiger partial charge in [-0.15, -0.1) is 0 Å². The van der Waals surface area contributed by atoms with Crippen LogP contribution in [0.25, 0.3) is 0 Å². The maximum atomic E-state index is 14.2. The van der Waals surface area contributed by atoms with Crippen LogP contribution in [0.15, 0.2) is 29.4 Å². The summed E-state index contributed by atoms with van der Waals surface area (Å²) in [5.41, 5.74) is -0.779. The fourth-order valence-electron chi connectivity index (χ4n) is 5.97. The van der Waals surface area contributed by atoms with Crippen molar-refractivity contribution in [1.82, 2.24) is 20.9 Å². The van der Waals surface area contributed by atoms with Crippen molar-refractivity contribution in [2.45, 2.75) is 88.9 Å². The average Bonchev–Trinajstić information content (AvgIpc) is 3.82. The van der Waals surface area contributed by atoms with E-state index >= 15 is 0 Å². The first-order valence-electron chi connectivity index (χ1n) is 15.1. The minimum atomic E-state index is -3.13. The minimum absolute atomic E-state index is 0.00599. The molecule has 2 aliphatic carbocycles. The van der Waals surface area contributed by atoms with Gasteiger partial charge in [-0.3, -0.25) is 24.0 Å². The molecule has 244 valence electrons. The molecular formula is C31H38ClF2N5O6. The van der Waals surface area contributed by atoms with Crippen molar-refractivity contribution in [2.75, 3.05) is 13.6 Å². The lowest BCUT2D eigenvalue weighted by molar-refractivity contribution is -0.145. The molecule has 0 aromatic heterocycles. The van der Waals surface area contributed by atoms with E-state index in [4.69, 9.17) is 16.4 Å². The second-order valence-electron chi connectivity index (χ2n) is 13.7. The third kappa shape index (κ3) is 7.13. The summed E-state index contributed by atoms with van der Waals surface area (Å²) in [6.45, 7) is 4.95. The topological polar surface area (TPSA) is 146 Å². The summed E-state index contributed by atoms with van der Waals surface area (Å²) in [7, 11) is 1.32. The Morgan fingerprint density at radius 2 is 1.80 bits per heavy atom. The quantitative estimate of drug-likeness (QED) is 0.332. The SMILES string of the molecule is CNC(=O)C(=O)[C@H](CC1CC1)NC(=O)[C@@H]1C[C@]2(CC(c3cccc(Cl)c3)=NO2)CN1C(=O)[C@@H](NC(=O)C1CC1(F)F)C(C)(C)C. The highest BCUT2D eigenvalue weighted by Crippen LogP contribution is 2.49. The molecule has 4 aliphatic rings. The highest BCUT2D eigenvalue weighted by molar-refractivity contribution is 6.38. The Balaban J connectivity index is 1.42. The van der Waals surface area contributed by atoms with E-state index in [1.165, 1.54) is 11.9 Å². The number of amides is 4. The number of hydrogen-bond acceptors (Lipinski definition) is 7. The van der Waals surface area contributed by atoms with Gasteiger partial charge in [0.05, 0.1) is 18.3 Å². The van der Waals surface area contributed by atoms with Crippen LogP contribution >= 0.6 is 11.6 Å². The monoisotopic (exact) mass is 649 g/mol. The molecule has 0 radical (unpaired) electrons. The summed E-state index contributed by atoms with van der Waals surface area (Å²) >= 11 is 6.18. The Hall–Kier alpha value is -3.61. The van der Waals surface area contributed by atoms with Gasteiger partial charge in [0.25, 0.3) is 11.8 Å². The number of ketones is 1. The first-order chi connectivity index (χ1) is 21.0. The van der Waals surface area contributed by atoms with Crippen LogP contribution in [0.4, 0.5) is 8.78 Å². The maximum Gasteiger partial charge on any atom is 0.289 e. The summed E-state index contributed by atoms with van der Waals surface area (Å²) < 4.78 is 27.5. The van der Waals surface area contributed by atoms with Gasteiger partial charge in [-0.2, -0.15) is 0 Å². The van der Waals surface area contributed by atoms with Crippen LogP contribution in [0.1, 0.15) is 64.9 Å². The van der Waals surface area contributed by atoms with Crippen LogP contribution in [0.2, 0.25) is 5.02 Å². The van der Waals surface area contributed by atoms with Gasteiger partial charge in [0.1, 0.15) is 18.0 Å². The molecule has 1 aromatic rings. The van der Waals surface area contributed by atoms with Crippen molar-refractivity contribution >= 4 is 46.7 Å². The van der Waals surface area contributed by atoms with Gasteiger partial charge in [-0.05, 0) is 29.9 Å². The van der Waals surface area contributed by atoms with E-state index in [0.717, 1.165) is 12.8 Å². The second-order valence-corrected chi connectivity index (χ2v) is 14.1. The summed E-state index contributed by atoms with van der Waals surface area (Å²) in [5.74, 6) is -8.37. The van der Waals surface area contributed by atoms with Crippen LogP contribution in [0, 0.1) is 17.3 Å². The molecule has 3 N–H and O–H groups in total. The van der Waals surface area contributed by atoms with Crippen LogP contribution < -0.4 is 16.0 Å². The Morgan fingerprint density at radius 1 is 1.11 bits per heavy atom. The smallest absolute Gasteiger partial charge is 0.289 e. The lowest BCUT2D eigenvalue weighted by Gasteiger charge is -2.35. The number of carbonyl (C=O) groups excluding carboxylic acids is 5. The Kier molecular flexibility index (Phi) is 8.71. The van der Waals surface area contributed by atoms with Gasteiger partial charge in [0.2, 0.25) is 23.5 Å². The van der Waals surface area contributed by atoms with E-state index < -0.39 is 76.8 Å². The van der Waals surface area contributed by atoms with Gasteiger partial charge in [-0.25, -0.2) is 8.78 Å². The molecule has 5 atom stereocenters. The van der Waals surface area contributed by atoms with Crippen LogP contribution in [0.3, 0.4) is 0 Å². The van der Waals surface area contributed by atoms with E-state index in [0.29, 0.717) is 16.3 Å². The third-order valence-corrected chi connectivity index (χ3v) is 9.11. The van der Waals surface area contributed by atoms with Gasteiger partial charge in [0.15, 0.2) is 5.60 Å². The van der Waals surface area contributed by atoms with Crippen LogP contribution in [0.5, 0.6) is 0 Å². The number of carbonyl (C=O) groups is 5. The molecule has 14 heteroatoms. The van der Waals surface area contributed by atoms with Crippen molar-refractivity contribution in [1.29, 1.82) is 0 Å². The Morgan fingerprint density at radius 3 is 2.38 bits per heavy atom. The Labute approximate surface area is 264 Å². The molecule has 2 heterocycles. The normalized spacial score (nSPS) is 26.4. The first-order valence-corrected chi connectivity index (χ1v) is 15.5. The average molecular weight is 650 g/mol. The lowest BCUT2D eigenvalue weighted by Crippen LogP contribution is -2.59. The molecule has 11 nitrogen and oxygen atoms in total. The lowest BCUT2D eigenvalue weighted by atomic mass is 9.85. The number of halogens is 3. The third-order valence-electron chi connectivity index (χ3n) is 8.87. The molecule has 1 unspecified atom stereocenters. The molecular weight excluding hydrogens is 612 g/mol. The van der Waals surface area contributed by atoms with Gasteiger partial charge < -0.3 is 25.7 Å². The van der Waals surface area contributed by atoms with Crippen molar-refractivity contribution in [2.24, 2.45) is 22.4 Å². The zero-order valence-corrected chi connectivity index (χ0v) is 26.4. The van der Waals surface area contributed by atoms with Gasteiger partial charge >= 0.3 is 0 Å². The number of Topliss-reactive ketones (excluding diaryl/α,β-unsaturated/α-hetero) is 1. The van der Waals surface area contributed by atoms with Crippen LogP contribution in [-0.2, 0) is 28.8 Å². The molecule has 4 amide bonds. The predicted octanol–water partition coefficient (Wildman–Crippen LogP) is 2.59. The predicted molar refractivity (Wildman–Crippen MR) is 159 cm³/mol. The van der Waals surface area contributed by atoms with E-state index in [1.807, 2.05) is 0 Å². The van der Waals surface area contributed by atoms with E-state index in [9.17, 15) is 32.8 Å². The largest absolute Gasteiger partial charge is 0.387 e. The maximum absolute atomic E-state index is 14.2. The fourth-order valence-corrected chi connectivity index (χ4v) is 6.17. The number of oxime groups is 1. The number of likely N-dealkylation sites (N-methyl/N-ethyl adjacent to an activating group) is 1. The molecule has 2 aliphatic heterocycles. The van der Waals surface area contributed by atoms with Gasteiger partial charge in [0, 0.05) is 36.9 Å². The Bertz CT molecular complexity index is 1440. The number of nitrogens with one attached hydrogen (secondary N) is 3. The number of nitrogens with zero attached hydrogens (tertiary/aromatic N) is 2. The molecule has 45 heavy (non-hydrogen) atoms. The molecule has 1 aromatic carbocycles. The summed E-state index contributed by atoms with van der Waals surface area (Å²) in [5, 5.41) is 12.3. The highest BCUT2D eigenvalue weighted by Gasteiger charge is 2.62. The standard InChI is InChI=1S/C31H38ClF2N5O6/c1-29(2,3)24(37-25(41)19-12-31(19,33)34)28(44)39-15-30(13-21(38-45-30)17-6-5-7-18(32)11-17)14-22(39)26(42)36-20(10-16-8-9-16)23(40)27(43)35-4/h5-7,11,16,19-20,22,24H,8-10,12-15H2,1-4H3,(H,35,43)(H,36,42)(H,37,41)/t19?,20-,22-,24+,30+/m0/s1. The number of benzene rings is 1. The fraction of sp³-hybridized carbons (Fsp3) is 0.613. The summed E-state index contributed by atoms with van der Waals surface area (Å²) in [6.07, 6.45) is 1.64. The zero-order chi connectivity index (χ0) is 32.9. The second kappa shape index (κ2) is 12.0. The molecule has 2 saturated carbocycles. The van der Waals surface area contributed by atoms with Crippen molar-refractivity contribution in [3.63, 3.8) is 0 Å². The molecule has 3 fully saturated rings. The molecule has 1 saturated heterocycles. The van der Waals surface area contributed by atoms with Gasteiger partial charge in [-0.1, -0.05) is 62.5 Å². The van der Waals surface area contributed by atoms with Crippen LogP contribution in [-0.4, -0.2) is 83.3 Å². The minimum Gasteiger partial charge on any atom is -0.387 e. The highest BCUT2D eigenvalue weighted by atomic mass is 35.5. The van der Waals surface area contributed by atoms with Crippen molar-refractivity contribution in [3.8, 4) is 0 Å². The number of alkyl halides is 2. The van der Waals surface area contributed by atoms with E-state index in [-0.39, 0.29) is 31.7 Å². The van der Waals surface area contributed by atoms with Crippen molar-refractivity contribution < 1.29 is 37.6 Å². The first kappa shape index (κ1) is 32.8. The molecule has 1 spiro atoms. The summed E-state index contributed by atoms with van der Waals surface area (Å²) in [4.78, 5) is 73.2. The molecule has 5 rings (SSSR count). The number of hydrogen-bond donors (Lipinski definition) is 3. The van der Waals surface area contributed by atoms with E-state index in [1.54, 1.807) is 45.0 Å².